The van der Waals surface area contributed by atoms with Crippen LogP contribution in [-0.4, -0.2) is 38.3 Å². The summed E-state index contributed by atoms with van der Waals surface area (Å²) in [6.07, 6.45) is 19.0. The second-order valence-corrected chi connectivity index (χ2v) is 14.4. The minimum absolute atomic E-state index is 0.168. The van der Waals surface area contributed by atoms with Crippen LogP contribution >= 0.6 is 0 Å². The summed E-state index contributed by atoms with van der Waals surface area (Å²) >= 11 is 0. The summed E-state index contributed by atoms with van der Waals surface area (Å²) in [7, 11) is 0. The van der Waals surface area contributed by atoms with Gasteiger partial charge in [0, 0.05) is 48.5 Å². The minimum Gasteiger partial charge on any atom is -0.393 e. The number of aliphatic hydroxyl groups is 1. The van der Waals surface area contributed by atoms with Crippen LogP contribution in [0.3, 0.4) is 0 Å². The molecule has 8 rings (SSSR count). The third-order valence-electron chi connectivity index (χ3n) is 11.0. The van der Waals surface area contributed by atoms with Crippen LogP contribution in [-0.2, 0) is 6.54 Å². The van der Waals surface area contributed by atoms with E-state index in [0.717, 1.165) is 73.9 Å². The molecule has 1 atom stereocenters. The summed E-state index contributed by atoms with van der Waals surface area (Å²) in [4.78, 5) is 9.78. The Morgan fingerprint density at radius 3 is 2.34 bits per heavy atom. The molecule has 6 heteroatoms. The Labute approximate surface area is 245 Å². The van der Waals surface area contributed by atoms with Gasteiger partial charge in [-0.25, -0.2) is 4.98 Å². The van der Waals surface area contributed by atoms with Crippen molar-refractivity contribution in [2.24, 2.45) is 23.2 Å². The van der Waals surface area contributed by atoms with Crippen molar-refractivity contribution in [3.05, 3.63) is 42.2 Å². The molecule has 2 aromatic heterocycles. The van der Waals surface area contributed by atoms with E-state index in [9.17, 15) is 5.11 Å². The summed E-state index contributed by atoms with van der Waals surface area (Å²) in [6, 6.07) is 9.85. The Balaban J connectivity index is 1.08. The number of aromatic nitrogens is 3. The van der Waals surface area contributed by atoms with Crippen molar-refractivity contribution < 1.29 is 5.11 Å². The van der Waals surface area contributed by atoms with Crippen LogP contribution in [0.1, 0.15) is 103 Å². The lowest BCUT2D eigenvalue weighted by molar-refractivity contribution is -0.0514. The van der Waals surface area contributed by atoms with Gasteiger partial charge in [0.15, 0.2) is 0 Å². The first kappa shape index (κ1) is 27.4. The van der Waals surface area contributed by atoms with Crippen LogP contribution in [0.25, 0.3) is 22.2 Å². The summed E-state index contributed by atoms with van der Waals surface area (Å²) in [5.74, 6) is 3.75. The SMILES string of the molecule is CCCC(C)Nc1ncc2c(-c3ccc(CNCC45CC6CC(CC(C6)C4)C5)cc3)cn([C@H]3CC[C@H](O)CC3)c2n1. The van der Waals surface area contributed by atoms with Gasteiger partial charge in [-0.1, -0.05) is 37.6 Å². The zero-order valence-electron chi connectivity index (χ0n) is 25.1. The van der Waals surface area contributed by atoms with Gasteiger partial charge in [-0.2, -0.15) is 4.98 Å². The standard InChI is InChI=1S/C35H49N5O/c1-3-4-23(2)38-34-37-20-31-32(21-40(33(31)39-34)29-9-11-30(41)12-10-29)28-7-5-24(6-8-28)19-36-22-35-16-25-13-26(17-35)15-27(14-25)18-35/h5-8,20-21,23,25-27,29-30,36,41H,3-4,9-19,22H2,1-2H3,(H,37,38,39)/t23?,25?,26?,27?,29-,30-,35?. The van der Waals surface area contributed by atoms with Crippen molar-refractivity contribution >= 4 is 17.0 Å². The number of hydrogen-bond acceptors (Lipinski definition) is 5. The lowest BCUT2D eigenvalue weighted by atomic mass is 9.49. The molecule has 0 saturated heterocycles. The summed E-state index contributed by atoms with van der Waals surface area (Å²) in [6.45, 7) is 6.54. The van der Waals surface area contributed by atoms with Crippen LogP contribution in [0.4, 0.5) is 5.95 Å². The Hall–Kier alpha value is -2.44. The van der Waals surface area contributed by atoms with Crippen LogP contribution in [0.15, 0.2) is 36.7 Å². The van der Waals surface area contributed by atoms with E-state index in [2.05, 4.69) is 59.5 Å². The topological polar surface area (TPSA) is 75.0 Å². The first-order chi connectivity index (χ1) is 20.0. The van der Waals surface area contributed by atoms with E-state index in [1.165, 1.54) is 61.8 Å². The van der Waals surface area contributed by atoms with Crippen LogP contribution in [0, 0.1) is 23.2 Å². The summed E-state index contributed by atoms with van der Waals surface area (Å²) < 4.78 is 2.37. The second kappa shape index (κ2) is 11.3. The molecule has 3 N–H and O–H groups in total. The average Bonchev–Trinajstić information content (AvgIpc) is 3.32. The first-order valence-electron chi connectivity index (χ1n) is 16.6. The number of anilines is 1. The number of aliphatic hydroxyl groups excluding tert-OH is 1. The number of hydrogen-bond donors (Lipinski definition) is 3. The Kier molecular flexibility index (Phi) is 7.57. The largest absolute Gasteiger partial charge is 0.393 e. The Bertz CT molecular complexity index is 1300. The van der Waals surface area contributed by atoms with Gasteiger partial charge in [0.25, 0.3) is 0 Å². The van der Waals surface area contributed by atoms with Crippen LogP contribution in [0.5, 0.6) is 0 Å². The molecule has 220 valence electrons. The number of benzene rings is 1. The molecule has 1 unspecified atom stereocenters. The van der Waals surface area contributed by atoms with Crippen LogP contribution < -0.4 is 10.6 Å². The molecule has 6 nitrogen and oxygen atoms in total. The molecular formula is C35H49N5O. The predicted octanol–water partition coefficient (Wildman–Crippen LogP) is 7.48. The Morgan fingerprint density at radius 2 is 1.68 bits per heavy atom. The predicted molar refractivity (Wildman–Crippen MR) is 167 cm³/mol. The van der Waals surface area contributed by atoms with E-state index in [1.54, 1.807) is 0 Å². The molecule has 5 aliphatic rings. The van der Waals surface area contributed by atoms with Gasteiger partial charge in [0.05, 0.1) is 6.10 Å². The van der Waals surface area contributed by atoms with E-state index in [1.807, 2.05) is 6.20 Å². The molecule has 0 spiro atoms. The van der Waals surface area contributed by atoms with Gasteiger partial charge < -0.3 is 20.3 Å². The van der Waals surface area contributed by atoms with Gasteiger partial charge in [0.2, 0.25) is 5.95 Å². The molecule has 5 aliphatic carbocycles. The third kappa shape index (κ3) is 5.67. The number of fused-ring (bicyclic) bond motifs is 1. The number of nitrogens with one attached hydrogen (secondary N) is 2. The maximum atomic E-state index is 10.1. The van der Waals surface area contributed by atoms with Gasteiger partial charge in [0.1, 0.15) is 5.65 Å². The molecule has 5 saturated carbocycles. The number of rotatable bonds is 10. The summed E-state index contributed by atoms with van der Waals surface area (Å²) in [5.41, 5.74) is 5.36. The van der Waals surface area contributed by atoms with E-state index in [0.29, 0.717) is 23.4 Å². The quantitative estimate of drug-likeness (QED) is 0.242. The van der Waals surface area contributed by atoms with Crippen molar-refractivity contribution in [3.8, 4) is 11.1 Å². The molecule has 41 heavy (non-hydrogen) atoms. The molecule has 3 aromatic rings. The monoisotopic (exact) mass is 555 g/mol. The molecule has 0 amide bonds. The van der Waals surface area contributed by atoms with E-state index in [4.69, 9.17) is 9.97 Å². The van der Waals surface area contributed by atoms with Gasteiger partial charge in [-0.15, -0.1) is 0 Å². The van der Waals surface area contributed by atoms with Crippen LogP contribution in [0.2, 0.25) is 0 Å². The van der Waals surface area contributed by atoms with E-state index >= 15 is 0 Å². The third-order valence-corrected chi connectivity index (χ3v) is 11.0. The molecule has 2 heterocycles. The zero-order valence-corrected chi connectivity index (χ0v) is 25.1. The van der Waals surface area contributed by atoms with Crippen molar-refractivity contribution in [3.63, 3.8) is 0 Å². The molecule has 0 radical (unpaired) electrons. The molecule has 5 fully saturated rings. The fourth-order valence-electron chi connectivity index (χ4n) is 9.45. The first-order valence-corrected chi connectivity index (χ1v) is 16.6. The maximum absolute atomic E-state index is 10.1. The highest BCUT2D eigenvalue weighted by molar-refractivity contribution is 5.94. The Morgan fingerprint density at radius 1 is 1.00 bits per heavy atom. The summed E-state index contributed by atoms with van der Waals surface area (Å²) in [5, 5.41) is 18.6. The molecule has 1 aromatic carbocycles. The number of nitrogens with zero attached hydrogens (tertiary/aromatic N) is 3. The van der Waals surface area contributed by atoms with Gasteiger partial charge in [-0.3, -0.25) is 0 Å². The lowest BCUT2D eigenvalue weighted by Crippen LogP contribution is -2.50. The van der Waals surface area contributed by atoms with Crippen molar-refractivity contribution in [2.75, 3.05) is 11.9 Å². The van der Waals surface area contributed by atoms with Crippen molar-refractivity contribution in [1.29, 1.82) is 0 Å². The van der Waals surface area contributed by atoms with Gasteiger partial charge >= 0.3 is 0 Å². The van der Waals surface area contributed by atoms with E-state index in [-0.39, 0.29) is 6.10 Å². The highest BCUT2D eigenvalue weighted by Crippen LogP contribution is 2.59. The fraction of sp³-hybridized carbons (Fsp3) is 0.657. The van der Waals surface area contributed by atoms with Gasteiger partial charge in [-0.05, 0) is 112 Å². The molecular weight excluding hydrogens is 506 g/mol. The molecule has 4 bridgehead atoms. The highest BCUT2D eigenvalue weighted by atomic mass is 16.3. The van der Waals surface area contributed by atoms with Crippen molar-refractivity contribution in [1.82, 2.24) is 19.9 Å². The fourth-order valence-corrected chi connectivity index (χ4v) is 9.45. The maximum Gasteiger partial charge on any atom is 0.224 e. The smallest absolute Gasteiger partial charge is 0.224 e. The average molecular weight is 556 g/mol. The lowest BCUT2D eigenvalue weighted by Gasteiger charge is -2.57. The van der Waals surface area contributed by atoms with E-state index < -0.39 is 0 Å². The van der Waals surface area contributed by atoms with Crippen molar-refractivity contribution in [2.45, 2.75) is 116 Å². The highest BCUT2D eigenvalue weighted by Gasteiger charge is 2.50. The normalized spacial score (nSPS) is 31.5. The minimum atomic E-state index is -0.168. The zero-order chi connectivity index (χ0) is 28.0. The second-order valence-electron chi connectivity index (χ2n) is 14.4. The molecule has 0 aliphatic heterocycles.